The van der Waals surface area contributed by atoms with Crippen molar-refractivity contribution in [1.82, 2.24) is 5.32 Å². The molecule has 5 nitrogen and oxygen atoms in total. The van der Waals surface area contributed by atoms with E-state index in [1.165, 1.54) is 0 Å². The van der Waals surface area contributed by atoms with E-state index in [1.54, 1.807) is 13.8 Å². The van der Waals surface area contributed by atoms with Crippen molar-refractivity contribution in [2.45, 2.75) is 25.6 Å². The molecule has 1 N–H and O–H groups in total. The van der Waals surface area contributed by atoms with E-state index in [0.29, 0.717) is 13.1 Å². The molecule has 2 rings (SSSR count). The van der Waals surface area contributed by atoms with E-state index in [1.807, 2.05) is 18.2 Å². The highest BCUT2D eigenvalue weighted by Gasteiger charge is 2.18. The standard InChI is InChI=1S/C13H19NO4S/c1-10(2)19(15,16)7-6-14-8-11-4-3-5-12-13(11)18-9-17-12/h3-5,10,14H,6-9H2,1-2H3. The van der Waals surface area contributed by atoms with Crippen LogP contribution < -0.4 is 14.8 Å². The molecule has 1 aliphatic rings. The van der Waals surface area contributed by atoms with Crippen LogP contribution in [0, 0.1) is 0 Å². The lowest BCUT2D eigenvalue weighted by molar-refractivity contribution is 0.173. The van der Waals surface area contributed by atoms with E-state index >= 15 is 0 Å². The molecule has 0 aliphatic carbocycles. The van der Waals surface area contributed by atoms with Gasteiger partial charge in [-0.1, -0.05) is 12.1 Å². The summed E-state index contributed by atoms with van der Waals surface area (Å²) in [6.07, 6.45) is 0. The molecule has 0 aromatic heterocycles. The molecule has 19 heavy (non-hydrogen) atoms. The third kappa shape index (κ3) is 3.39. The number of sulfone groups is 1. The highest BCUT2D eigenvalue weighted by Crippen LogP contribution is 2.35. The summed E-state index contributed by atoms with van der Waals surface area (Å²) in [6.45, 7) is 4.65. The van der Waals surface area contributed by atoms with Crippen LogP contribution in [0.1, 0.15) is 19.4 Å². The number of ether oxygens (including phenoxy) is 2. The topological polar surface area (TPSA) is 64.6 Å². The zero-order valence-corrected chi connectivity index (χ0v) is 12.0. The van der Waals surface area contributed by atoms with Crippen LogP contribution in [0.25, 0.3) is 0 Å². The molecule has 0 bridgehead atoms. The minimum Gasteiger partial charge on any atom is -0.454 e. The fraction of sp³-hybridized carbons (Fsp3) is 0.538. The maximum absolute atomic E-state index is 11.6. The molecule has 1 aromatic carbocycles. The van der Waals surface area contributed by atoms with Gasteiger partial charge in [-0.05, 0) is 19.9 Å². The number of benzene rings is 1. The summed E-state index contributed by atoms with van der Waals surface area (Å²) in [6, 6.07) is 5.70. The van der Waals surface area contributed by atoms with E-state index < -0.39 is 9.84 Å². The molecular formula is C13H19NO4S. The van der Waals surface area contributed by atoms with E-state index in [4.69, 9.17) is 9.47 Å². The van der Waals surface area contributed by atoms with Crippen LogP contribution in [0.2, 0.25) is 0 Å². The summed E-state index contributed by atoms with van der Waals surface area (Å²) < 4.78 is 34.0. The number of rotatable bonds is 6. The summed E-state index contributed by atoms with van der Waals surface area (Å²) in [5.41, 5.74) is 0.983. The van der Waals surface area contributed by atoms with Gasteiger partial charge in [-0.25, -0.2) is 8.42 Å². The minimum absolute atomic E-state index is 0.150. The van der Waals surface area contributed by atoms with E-state index in [-0.39, 0.29) is 17.8 Å². The SMILES string of the molecule is CC(C)S(=O)(=O)CCNCc1cccc2c1OCO2. The molecule has 0 saturated carbocycles. The Morgan fingerprint density at radius 3 is 2.84 bits per heavy atom. The molecule has 1 heterocycles. The van der Waals surface area contributed by atoms with Gasteiger partial charge < -0.3 is 14.8 Å². The Labute approximate surface area is 113 Å². The predicted molar refractivity (Wildman–Crippen MR) is 73.2 cm³/mol. The molecule has 1 aliphatic heterocycles. The zero-order chi connectivity index (χ0) is 13.9. The first-order valence-electron chi connectivity index (χ1n) is 6.30. The molecule has 0 unspecified atom stereocenters. The van der Waals surface area contributed by atoms with Crippen LogP contribution in [-0.4, -0.2) is 32.8 Å². The Balaban J connectivity index is 1.86. The van der Waals surface area contributed by atoms with E-state index in [9.17, 15) is 8.42 Å². The van der Waals surface area contributed by atoms with Gasteiger partial charge in [-0.15, -0.1) is 0 Å². The van der Waals surface area contributed by atoms with Crippen LogP contribution >= 0.6 is 0 Å². The van der Waals surface area contributed by atoms with Crippen LogP contribution in [0.4, 0.5) is 0 Å². The monoisotopic (exact) mass is 285 g/mol. The van der Waals surface area contributed by atoms with Crippen LogP contribution in [0.5, 0.6) is 11.5 Å². The second kappa shape index (κ2) is 5.79. The van der Waals surface area contributed by atoms with Gasteiger partial charge in [0.05, 0.1) is 11.0 Å². The molecule has 1 aromatic rings. The molecule has 0 saturated heterocycles. The lowest BCUT2D eigenvalue weighted by Crippen LogP contribution is -2.27. The second-order valence-electron chi connectivity index (χ2n) is 4.74. The molecule has 0 spiro atoms. The highest BCUT2D eigenvalue weighted by molar-refractivity contribution is 7.92. The first-order valence-corrected chi connectivity index (χ1v) is 8.02. The predicted octanol–water partition coefficient (Wildman–Crippen LogP) is 1.33. The van der Waals surface area contributed by atoms with Crippen LogP contribution in [0.3, 0.4) is 0 Å². The first-order chi connectivity index (χ1) is 9.00. The number of hydrogen-bond donors (Lipinski definition) is 1. The minimum atomic E-state index is -2.98. The summed E-state index contributed by atoms with van der Waals surface area (Å²) in [4.78, 5) is 0. The lowest BCUT2D eigenvalue weighted by Gasteiger charge is -2.09. The smallest absolute Gasteiger partial charge is 0.231 e. The van der Waals surface area contributed by atoms with Gasteiger partial charge in [0.1, 0.15) is 0 Å². The van der Waals surface area contributed by atoms with E-state index in [0.717, 1.165) is 17.1 Å². The van der Waals surface area contributed by atoms with Gasteiger partial charge >= 0.3 is 0 Å². The second-order valence-corrected chi connectivity index (χ2v) is 7.42. The van der Waals surface area contributed by atoms with Crippen molar-refractivity contribution in [2.75, 3.05) is 19.1 Å². The fourth-order valence-electron chi connectivity index (χ4n) is 1.80. The average molecular weight is 285 g/mol. The largest absolute Gasteiger partial charge is 0.454 e. The Hall–Kier alpha value is -1.27. The number of hydrogen-bond acceptors (Lipinski definition) is 5. The zero-order valence-electron chi connectivity index (χ0n) is 11.2. The van der Waals surface area contributed by atoms with E-state index in [2.05, 4.69) is 5.32 Å². The Morgan fingerprint density at radius 1 is 1.32 bits per heavy atom. The highest BCUT2D eigenvalue weighted by atomic mass is 32.2. The van der Waals surface area contributed by atoms with Gasteiger partial charge in [0.25, 0.3) is 0 Å². The summed E-state index contributed by atoms with van der Waals surface area (Å²) in [5.74, 6) is 1.65. The number of para-hydroxylation sites is 1. The van der Waals surface area contributed by atoms with Crippen molar-refractivity contribution in [3.8, 4) is 11.5 Å². The summed E-state index contributed by atoms with van der Waals surface area (Å²) in [7, 11) is -2.98. The van der Waals surface area contributed by atoms with Crippen molar-refractivity contribution in [3.63, 3.8) is 0 Å². The molecule has 0 atom stereocenters. The molecule has 0 fully saturated rings. The number of nitrogens with one attached hydrogen (secondary N) is 1. The van der Waals surface area contributed by atoms with Crippen molar-refractivity contribution in [2.24, 2.45) is 0 Å². The molecule has 0 amide bonds. The maximum atomic E-state index is 11.6. The third-order valence-corrected chi connectivity index (χ3v) is 5.28. The Morgan fingerprint density at radius 2 is 2.11 bits per heavy atom. The van der Waals surface area contributed by atoms with Crippen molar-refractivity contribution >= 4 is 9.84 Å². The van der Waals surface area contributed by atoms with Gasteiger partial charge in [0.2, 0.25) is 6.79 Å². The maximum Gasteiger partial charge on any atom is 0.231 e. The van der Waals surface area contributed by atoms with Crippen molar-refractivity contribution in [1.29, 1.82) is 0 Å². The molecule has 6 heteroatoms. The first kappa shape index (κ1) is 14.1. The van der Waals surface area contributed by atoms with Gasteiger partial charge in [-0.2, -0.15) is 0 Å². The number of fused-ring (bicyclic) bond motifs is 1. The van der Waals surface area contributed by atoms with Crippen molar-refractivity contribution in [3.05, 3.63) is 23.8 Å². The summed E-state index contributed by atoms with van der Waals surface area (Å²) in [5, 5.41) is 2.80. The van der Waals surface area contributed by atoms with Crippen LogP contribution in [0.15, 0.2) is 18.2 Å². The van der Waals surface area contributed by atoms with Crippen molar-refractivity contribution < 1.29 is 17.9 Å². The Kier molecular flexibility index (Phi) is 4.31. The van der Waals surface area contributed by atoms with Gasteiger partial charge in [0, 0.05) is 18.7 Å². The third-order valence-electron chi connectivity index (χ3n) is 3.08. The van der Waals surface area contributed by atoms with Gasteiger partial charge in [-0.3, -0.25) is 0 Å². The average Bonchev–Trinajstić information content (AvgIpc) is 2.83. The molecule has 0 radical (unpaired) electrons. The summed E-state index contributed by atoms with van der Waals surface area (Å²) >= 11 is 0. The van der Waals surface area contributed by atoms with Crippen LogP contribution in [-0.2, 0) is 16.4 Å². The quantitative estimate of drug-likeness (QED) is 0.799. The fourth-order valence-corrected chi connectivity index (χ4v) is 2.70. The normalized spacial score (nSPS) is 14.1. The molecule has 106 valence electrons. The molecular weight excluding hydrogens is 266 g/mol. The lowest BCUT2D eigenvalue weighted by atomic mass is 10.2. The Bertz CT molecular complexity index is 540. The van der Waals surface area contributed by atoms with Gasteiger partial charge in [0.15, 0.2) is 21.3 Å².